The van der Waals surface area contributed by atoms with Crippen LogP contribution in [0, 0.1) is 5.92 Å². The minimum Gasteiger partial charge on any atom is -0.497 e. The van der Waals surface area contributed by atoms with E-state index in [-0.39, 0.29) is 17.7 Å². The largest absolute Gasteiger partial charge is 0.497 e. The highest BCUT2D eigenvalue weighted by molar-refractivity contribution is 7.99. The normalized spacial score (nSPS) is 13.9. The zero-order chi connectivity index (χ0) is 30.9. The monoisotopic (exact) mass is 605 g/mol. The molecule has 0 saturated carbocycles. The number of carboxylic acids is 1. The Morgan fingerprint density at radius 3 is 2.40 bits per heavy atom. The van der Waals surface area contributed by atoms with Gasteiger partial charge in [0.25, 0.3) is 0 Å². The van der Waals surface area contributed by atoms with Crippen LogP contribution >= 0.6 is 11.8 Å². The lowest BCUT2D eigenvalue weighted by atomic mass is 9.95. The summed E-state index contributed by atoms with van der Waals surface area (Å²) in [6.07, 6.45) is -0.583. The number of anilines is 1. The molecule has 224 valence electrons. The number of carbonyl (C=O) groups is 3. The second-order valence-corrected chi connectivity index (χ2v) is 10.4. The number of amides is 2. The molecule has 4 rings (SSSR count). The molecule has 0 fully saturated rings. The van der Waals surface area contributed by atoms with Gasteiger partial charge in [-0.25, -0.2) is 4.79 Å². The van der Waals surface area contributed by atoms with Crippen LogP contribution in [0.25, 0.3) is 11.1 Å². The average Bonchev–Trinajstić information content (AvgIpc) is 2.97. The number of carboxylic acid groups (broad SMARTS) is 1. The van der Waals surface area contributed by atoms with Crippen molar-refractivity contribution in [2.75, 3.05) is 38.9 Å². The number of nitrogens with zero attached hydrogens (tertiary/aromatic N) is 2. The first kappa shape index (κ1) is 32.3. The van der Waals surface area contributed by atoms with Gasteiger partial charge < -0.3 is 24.8 Å². The van der Waals surface area contributed by atoms with Gasteiger partial charge in [-0.05, 0) is 65.6 Å². The van der Waals surface area contributed by atoms with Crippen molar-refractivity contribution in [2.24, 2.45) is 5.92 Å². The highest BCUT2D eigenvalue weighted by Gasteiger charge is 2.38. The third-order valence-corrected chi connectivity index (χ3v) is 7.17. The summed E-state index contributed by atoms with van der Waals surface area (Å²) in [4.78, 5) is 40.8. The van der Waals surface area contributed by atoms with E-state index in [9.17, 15) is 22.8 Å². The van der Waals surface area contributed by atoms with Crippen molar-refractivity contribution in [2.45, 2.75) is 23.9 Å². The Balaban J connectivity index is 0.000000616. The zero-order valence-corrected chi connectivity index (χ0v) is 23.9. The number of halogens is 3. The molecule has 0 bridgehead atoms. The Labute approximate surface area is 245 Å². The molecule has 0 radical (unpaired) electrons. The minimum atomic E-state index is -5.08. The van der Waals surface area contributed by atoms with Crippen LogP contribution in [0.4, 0.5) is 18.9 Å². The van der Waals surface area contributed by atoms with E-state index in [2.05, 4.69) is 10.3 Å². The Morgan fingerprint density at radius 2 is 1.79 bits per heavy atom. The number of fused-ring (bicyclic) bond motifs is 1. The Hall–Kier alpha value is -4.26. The summed E-state index contributed by atoms with van der Waals surface area (Å²) in [5.41, 5.74) is 3.75. The molecule has 3 aromatic rings. The molecule has 2 aromatic carbocycles. The number of alkyl halides is 3. The van der Waals surface area contributed by atoms with E-state index in [0.29, 0.717) is 25.2 Å². The first-order valence-electron chi connectivity index (χ1n) is 12.7. The van der Waals surface area contributed by atoms with Gasteiger partial charge in [0.2, 0.25) is 11.8 Å². The van der Waals surface area contributed by atoms with Gasteiger partial charge in [0, 0.05) is 43.6 Å². The smallest absolute Gasteiger partial charge is 0.490 e. The molecular formula is C29H30F3N3O6S. The molecule has 1 atom stereocenters. The first-order chi connectivity index (χ1) is 19.9. The van der Waals surface area contributed by atoms with Crippen LogP contribution in [-0.4, -0.2) is 72.5 Å². The lowest BCUT2D eigenvalue weighted by Crippen LogP contribution is -2.32. The third-order valence-electron chi connectivity index (χ3n) is 6.11. The second-order valence-electron chi connectivity index (χ2n) is 9.31. The molecule has 2 N–H and O–H groups in total. The van der Waals surface area contributed by atoms with E-state index >= 15 is 0 Å². The number of benzene rings is 2. The molecule has 2 amide bonds. The lowest BCUT2D eigenvalue weighted by Gasteiger charge is -2.25. The van der Waals surface area contributed by atoms with E-state index in [1.807, 2.05) is 48.5 Å². The number of hydrogen-bond acceptors (Lipinski definition) is 7. The van der Waals surface area contributed by atoms with Gasteiger partial charge in [0.1, 0.15) is 18.1 Å². The molecule has 13 heteroatoms. The standard InChI is InChI=1S/C27H29N3O4S.C2HF3O2/c1-30(2)26(31)10-13-35-25-16-19(18-8-11-28-12-9-18)4-6-23(25)29-27(32)21-14-20-15-22(33-3)5-7-24(20)34-17-21;3-2(4,5)1(6)7/h4-9,11-12,15-16,21H,10,13-14,17H2,1-3H3,(H,29,32);(H,6,7). The van der Waals surface area contributed by atoms with Crippen LogP contribution < -0.4 is 14.8 Å². The summed E-state index contributed by atoms with van der Waals surface area (Å²) >= 11 is 1.56. The number of aliphatic carboxylic acids is 1. The maximum atomic E-state index is 13.2. The topological polar surface area (TPSA) is 118 Å². The van der Waals surface area contributed by atoms with Crippen LogP contribution in [0.15, 0.2) is 65.8 Å². The second kappa shape index (κ2) is 14.6. The number of pyridine rings is 1. The van der Waals surface area contributed by atoms with Gasteiger partial charge >= 0.3 is 12.1 Å². The minimum absolute atomic E-state index is 0.0711. The Kier molecular flexibility index (Phi) is 11.2. The van der Waals surface area contributed by atoms with E-state index in [1.54, 1.807) is 50.3 Å². The van der Waals surface area contributed by atoms with Gasteiger partial charge in [-0.2, -0.15) is 13.2 Å². The van der Waals surface area contributed by atoms with Gasteiger partial charge in [-0.15, -0.1) is 11.8 Å². The molecular weight excluding hydrogens is 575 g/mol. The van der Waals surface area contributed by atoms with Crippen LogP contribution in [0.5, 0.6) is 11.5 Å². The molecule has 0 saturated heterocycles. The van der Waals surface area contributed by atoms with Gasteiger partial charge in [-0.3, -0.25) is 14.6 Å². The maximum absolute atomic E-state index is 13.2. The van der Waals surface area contributed by atoms with Crippen molar-refractivity contribution in [3.05, 3.63) is 66.5 Å². The fourth-order valence-electron chi connectivity index (χ4n) is 3.84. The summed E-state index contributed by atoms with van der Waals surface area (Å²) in [6.45, 7) is 0.320. The van der Waals surface area contributed by atoms with Crippen molar-refractivity contribution >= 4 is 35.2 Å². The van der Waals surface area contributed by atoms with E-state index < -0.39 is 12.1 Å². The quantitative estimate of drug-likeness (QED) is 0.339. The summed E-state index contributed by atoms with van der Waals surface area (Å²) in [7, 11) is 5.13. The summed E-state index contributed by atoms with van der Waals surface area (Å²) in [5.74, 6) is -0.956. The fourth-order valence-corrected chi connectivity index (χ4v) is 4.82. The van der Waals surface area contributed by atoms with Crippen LogP contribution in [0.2, 0.25) is 0 Å². The van der Waals surface area contributed by atoms with E-state index in [0.717, 1.165) is 38.8 Å². The first-order valence-corrected chi connectivity index (χ1v) is 13.7. The summed E-state index contributed by atoms with van der Waals surface area (Å²) in [5, 5.41) is 10.2. The molecule has 42 heavy (non-hydrogen) atoms. The molecule has 0 spiro atoms. The predicted molar refractivity (Wildman–Crippen MR) is 152 cm³/mol. The van der Waals surface area contributed by atoms with E-state index in [4.69, 9.17) is 19.4 Å². The van der Waals surface area contributed by atoms with Crippen LogP contribution in [-0.2, 0) is 20.8 Å². The maximum Gasteiger partial charge on any atom is 0.490 e. The zero-order valence-electron chi connectivity index (χ0n) is 23.1. The number of hydrogen-bond donors (Lipinski definition) is 2. The lowest BCUT2D eigenvalue weighted by molar-refractivity contribution is -0.192. The van der Waals surface area contributed by atoms with Crippen LogP contribution in [0.3, 0.4) is 0 Å². The third kappa shape index (κ3) is 9.13. The fraction of sp³-hybridized carbons (Fsp3) is 0.310. The predicted octanol–water partition coefficient (Wildman–Crippen LogP) is 5.15. The number of thioether (sulfide) groups is 1. The number of ether oxygens (including phenoxy) is 2. The van der Waals surface area contributed by atoms with Crippen molar-refractivity contribution in [3.8, 4) is 22.6 Å². The van der Waals surface area contributed by atoms with Crippen molar-refractivity contribution in [1.29, 1.82) is 0 Å². The van der Waals surface area contributed by atoms with Gasteiger partial charge in [0.15, 0.2) is 0 Å². The highest BCUT2D eigenvalue weighted by atomic mass is 32.2. The highest BCUT2D eigenvalue weighted by Crippen LogP contribution is 2.35. The van der Waals surface area contributed by atoms with Crippen molar-refractivity contribution < 1.29 is 42.1 Å². The molecule has 0 aliphatic carbocycles. The number of methoxy groups -OCH3 is 1. The number of rotatable bonds is 8. The Morgan fingerprint density at radius 1 is 1.10 bits per heavy atom. The summed E-state index contributed by atoms with van der Waals surface area (Å²) in [6, 6.07) is 15.5. The molecule has 1 aliphatic heterocycles. The SMILES string of the molecule is COc1ccc2c(c1)CC(C(=O)Nc1ccc(-c3ccncc3)cc1SCCC(=O)N(C)C)CO2.O=C(O)C(F)(F)F. The van der Waals surface area contributed by atoms with E-state index in [1.165, 1.54) is 0 Å². The average molecular weight is 606 g/mol. The number of nitrogens with one attached hydrogen (secondary N) is 1. The molecule has 1 aliphatic rings. The number of carbonyl (C=O) groups excluding carboxylic acids is 2. The van der Waals surface area contributed by atoms with Gasteiger partial charge in [-0.1, -0.05) is 6.07 Å². The molecule has 9 nitrogen and oxygen atoms in total. The molecule has 2 heterocycles. The number of aromatic nitrogens is 1. The summed E-state index contributed by atoms with van der Waals surface area (Å²) < 4.78 is 42.9. The van der Waals surface area contributed by atoms with Crippen LogP contribution in [0.1, 0.15) is 12.0 Å². The van der Waals surface area contributed by atoms with Gasteiger partial charge in [0.05, 0.1) is 18.7 Å². The Bertz CT molecular complexity index is 1400. The molecule has 1 unspecified atom stereocenters. The molecule has 1 aromatic heterocycles. The van der Waals surface area contributed by atoms with Crippen molar-refractivity contribution in [3.63, 3.8) is 0 Å². The van der Waals surface area contributed by atoms with Crippen molar-refractivity contribution in [1.82, 2.24) is 9.88 Å².